The van der Waals surface area contributed by atoms with Gasteiger partial charge in [-0.05, 0) is 25.8 Å². The summed E-state index contributed by atoms with van der Waals surface area (Å²) < 4.78 is 7.29. The van der Waals surface area contributed by atoms with Crippen LogP contribution in [0.15, 0.2) is 35.5 Å². The summed E-state index contributed by atoms with van der Waals surface area (Å²) in [6, 6.07) is 10.1. The Balaban J connectivity index is 2.01. The summed E-state index contributed by atoms with van der Waals surface area (Å²) in [7, 11) is 0. The number of hydrogen-bond donors (Lipinski definition) is 0. The van der Waals surface area contributed by atoms with Crippen LogP contribution in [0.1, 0.15) is 38.1 Å². The molecule has 1 atom stereocenters. The second kappa shape index (κ2) is 8.72. The molecular weight excluding hydrogens is 310 g/mol. The van der Waals surface area contributed by atoms with Gasteiger partial charge < -0.3 is 9.30 Å². The molecule has 0 aliphatic heterocycles. The van der Waals surface area contributed by atoms with Crippen molar-refractivity contribution in [1.82, 2.24) is 14.8 Å². The highest BCUT2D eigenvalue weighted by atomic mass is 32.2. The Hall–Kier alpha value is -1.82. The highest BCUT2D eigenvalue weighted by Crippen LogP contribution is 2.24. The molecule has 0 N–H and O–H groups in total. The number of aromatic nitrogens is 3. The number of nitrogens with zero attached hydrogens (tertiary/aromatic N) is 3. The predicted octanol–water partition coefficient (Wildman–Crippen LogP) is 3.46. The summed E-state index contributed by atoms with van der Waals surface area (Å²) in [5, 5.41) is 8.78. The van der Waals surface area contributed by atoms with E-state index >= 15 is 0 Å². The molecule has 0 spiro atoms. The van der Waals surface area contributed by atoms with E-state index < -0.39 is 0 Å². The third kappa shape index (κ3) is 5.10. The molecule has 1 aromatic carbocycles. The van der Waals surface area contributed by atoms with Gasteiger partial charge in [-0.3, -0.25) is 4.79 Å². The molecule has 0 radical (unpaired) electrons. The zero-order chi connectivity index (χ0) is 16.7. The van der Waals surface area contributed by atoms with Crippen molar-refractivity contribution in [3.8, 4) is 0 Å². The third-order valence-electron chi connectivity index (χ3n) is 3.44. The van der Waals surface area contributed by atoms with Gasteiger partial charge in [0, 0.05) is 0 Å². The van der Waals surface area contributed by atoms with Crippen molar-refractivity contribution in [3.05, 3.63) is 41.7 Å². The van der Waals surface area contributed by atoms with Crippen LogP contribution in [0.25, 0.3) is 0 Å². The standard InChI is InChI=1S/C17H23N3O2S/c1-4-5-11-22-16(21)13(2)23-17-19-18-14(3)20(17)12-15-9-7-6-8-10-15/h6-10,13H,4-5,11-12H2,1-3H3/t13-/m1/s1. The lowest BCUT2D eigenvalue weighted by Gasteiger charge is -2.12. The number of benzene rings is 1. The molecule has 23 heavy (non-hydrogen) atoms. The molecule has 0 bridgehead atoms. The number of rotatable bonds is 8. The molecule has 0 amide bonds. The zero-order valence-electron chi connectivity index (χ0n) is 13.9. The maximum Gasteiger partial charge on any atom is 0.319 e. The summed E-state index contributed by atoms with van der Waals surface area (Å²) >= 11 is 1.39. The van der Waals surface area contributed by atoms with E-state index in [1.54, 1.807) is 0 Å². The van der Waals surface area contributed by atoms with Crippen molar-refractivity contribution < 1.29 is 9.53 Å². The summed E-state index contributed by atoms with van der Waals surface area (Å²) in [6.07, 6.45) is 1.91. The maximum absolute atomic E-state index is 12.0. The Bertz CT molecular complexity index is 628. The van der Waals surface area contributed by atoms with Crippen molar-refractivity contribution in [1.29, 1.82) is 0 Å². The van der Waals surface area contributed by atoms with Crippen LogP contribution in [-0.2, 0) is 16.1 Å². The Morgan fingerprint density at radius 1 is 1.30 bits per heavy atom. The largest absolute Gasteiger partial charge is 0.465 e. The molecule has 1 aromatic heterocycles. The van der Waals surface area contributed by atoms with Crippen LogP contribution in [0.4, 0.5) is 0 Å². The van der Waals surface area contributed by atoms with Crippen LogP contribution < -0.4 is 0 Å². The number of ether oxygens (including phenoxy) is 1. The number of esters is 1. The topological polar surface area (TPSA) is 57.0 Å². The molecule has 124 valence electrons. The normalized spacial score (nSPS) is 12.1. The molecule has 0 saturated carbocycles. The van der Waals surface area contributed by atoms with E-state index in [9.17, 15) is 4.79 Å². The van der Waals surface area contributed by atoms with Crippen LogP contribution in [0, 0.1) is 6.92 Å². The minimum Gasteiger partial charge on any atom is -0.465 e. The van der Waals surface area contributed by atoms with E-state index in [4.69, 9.17) is 4.74 Å². The van der Waals surface area contributed by atoms with E-state index in [-0.39, 0.29) is 11.2 Å². The molecule has 0 aliphatic carbocycles. The van der Waals surface area contributed by atoms with Crippen molar-refractivity contribution in [2.24, 2.45) is 0 Å². The first kappa shape index (κ1) is 17.5. The molecule has 2 rings (SSSR count). The van der Waals surface area contributed by atoms with E-state index in [0.29, 0.717) is 13.2 Å². The van der Waals surface area contributed by atoms with Gasteiger partial charge in [0.1, 0.15) is 11.1 Å². The van der Waals surface area contributed by atoms with Crippen molar-refractivity contribution in [3.63, 3.8) is 0 Å². The van der Waals surface area contributed by atoms with Gasteiger partial charge in [0.05, 0.1) is 13.2 Å². The first-order valence-corrected chi connectivity index (χ1v) is 8.76. The average molecular weight is 333 g/mol. The molecule has 5 nitrogen and oxygen atoms in total. The summed E-state index contributed by atoms with van der Waals surface area (Å²) in [5.74, 6) is 0.637. The van der Waals surface area contributed by atoms with Gasteiger partial charge in [0.15, 0.2) is 5.16 Å². The molecular formula is C17H23N3O2S. The highest BCUT2D eigenvalue weighted by Gasteiger charge is 2.20. The fourth-order valence-corrected chi connectivity index (χ4v) is 2.93. The van der Waals surface area contributed by atoms with E-state index in [0.717, 1.165) is 23.8 Å². The molecule has 6 heteroatoms. The molecule has 0 unspecified atom stereocenters. The Morgan fingerprint density at radius 2 is 2.04 bits per heavy atom. The van der Waals surface area contributed by atoms with Crippen LogP contribution in [0.3, 0.4) is 0 Å². The van der Waals surface area contributed by atoms with Gasteiger partial charge in [0.25, 0.3) is 0 Å². The first-order chi connectivity index (χ1) is 11.1. The minimum absolute atomic E-state index is 0.199. The third-order valence-corrected chi connectivity index (χ3v) is 4.50. The summed E-state index contributed by atoms with van der Waals surface area (Å²) in [6.45, 7) is 7.01. The smallest absolute Gasteiger partial charge is 0.319 e. The summed E-state index contributed by atoms with van der Waals surface area (Å²) in [5.41, 5.74) is 1.18. The minimum atomic E-state index is -0.301. The molecule has 1 heterocycles. The predicted molar refractivity (Wildman–Crippen MR) is 91.5 cm³/mol. The van der Waals surface area contributed by atoms with Crippen molar-refractivity contribution in [2.75, 3.05) is 6.61 Å². The zero-order valence-corrected chi connectivity index (χ0v) is 14.7. The number of thioether (sulfide) groups is 1. The van der Waals surface area contributed by atoms with Gasteiger partial charge in [-0.25, -0.2) is 0 Å². The van der Waals surface area contributed by atoms with Crippen molar-refractivity contribution in [2.45, 2.75) is 50.6 Å². The second-order valence-electron chi connectivity index (χ2n) is 5.38. The SMILES string of the molecule is CCCCOC(=O)[C@@H](C)Sc1nnc(C)n1Cc1ccccc1. The first-order valence-electron chi connectivity index (χ1n) is 7.88. The lowest BCUT2D eigenvalue weighted by Crippen LogP contribution is -2.18. The number of aryl methyl sites for hydroxylation is 1. The average Bonchev–Trinajstić information content (AvgIpc) is 2.89. The second-order valence-corrected chi connectivity index (χ2v) is 6.69. The lowest BCUT2D eigenvalue weighted by molar-refractivity contribution is -0.142. The van der Waals surface area contributed by atoms with E-state index in [1.807, 2.05) is 36.6 Å². The highest BCUT2D eigenvalue weighted by molar-refractivity contribution is 8.00. The van der Waals surface area contributed by atoms with E-state index in [2.05, 4.69) is 29.3 Å². The van der Waals surface area contributed by atoms with Crippen LogP contribution in [0.5, 0.6) is 0 Å². The lowest BCUT2D eigenvalue weighted by atomic mass is 10.2. The van der Waals surface area contributed by atoms with E-state index in [1.165, 1.54) is 17.3 Å². The number of hydrogen-bond acceptors (Lipinski definition) is 5. The van der Waals surface area contributed by atoms with Crippen LogP contribution >= 0.6 is 11.8 Å². The Labute approximate surface area is 141 Å². The molecule has 0 saturated heterocycles. The van der Waals surface area contributed by atoms with Gasteiger partial charge in [-0.15, -0.1) is 10.2 Å². The molecule has 0 aliphatic rings. The monoisotopic (exact) mass is 333 g/mol. The summed E-state index contributed by atoms with van der Waals surface area (Å²) in [4.78, 5) is 12.0. The Kier molecular flexibility index (Phi) is 6.65. The van der Waals surface area contributed by atoms with Gasteiger partial charge >= 0.3 is 5.97 Å². The Morgan fingerprint density at radius 3 is 2.74 bits per heavy atom. The number of carbonyl (C=O) groups excluding carboxylic acids is 1. The maximum atomic E-state index is 12.0. The number of unbranched alkanes of at least 4 members (excludes halogenated alkanes) is 1. The van der Waals surface area contributed by atoms with Crippen LogP contribution in [0.2, 0.25) is 0 Å². The fourth-order valence-electron chi connectivity index (χ4n) is 2.04. The van der Waals surface area contributed by atoms with Crippen LogP contribution in [-0.4, -0.2) is 32.6 Å². The van der Waals surface area contributed by atoms with Gasteiger partial charge in [-0.2, -0.15) is 0 Å². The van der Waals surface area contributed by atoms with Gasteiger partial charge in [0.2, 0.25) is 0 Å². The molecule has 0 fully saturated rings. The fraction of sp³-hybridized carbons (Fsp3) is 0.471. The number of carbonyl (C=O) groups is 1. The van der Waals surface area contributed by atoms with Gasteiger partial charge in [-0.1, -0.05) is 55.4 Å². The molecule has 2 aromatic rings. The quantitative estimate of drug-likeness (QED) is 0.421. The van der Waals surface area contributed by atoms with Crippen molar-refractivity contribution >= 4 is 17.7 Å².